The van der Waals surface area contributed by atoms with Crippen molar-refractivity contribution in [1.29, 1.82) is 0 Å². The zero-order valence-corrected chi connectivity index (χ0v) is 14.3. The zero-order chi connectivity index (χ0) is 17.0. The van der Waals surface area contributed by atoms with E-state index in [-0.39, 0.29) is 17.6 Å². The first kappa shape index (κ1) is 17.7. The van der Waals surface area contributed by atoms with E-state index in [1.165, 1.54) is 5.56 Å². The smallest absolute Gasteiger partial charge is 0.304 e. The first-order chi connectivity index (χ1) is 10.8. The van der Waals surface area contributed by atoms with E-state index >= 15 is 0 Å². The van der Waals surface area contributed by atoms with Crippen molar-refractivity contribution in [3.63, 3.8) is 0 Å². The number of benzene rings is 1. The third kappa shape index (κ3) is 4.90. The van der Waals surface area contributed by atoms with Gasteiger partial charge in [0.2, 0.25) is 0 Å². The average molecular weight is 317 g/mol. The molecule has 126 valence electrons. The minimum Gasteiger partial charge on any atom is -0.481 e. The molecule has 4 nitrogen and oxygen atoms in total. The molecule has 0 amide bonds. The van der Waals surface area contributed by atoms with Crippen molar-refractivity contribution in [3.05, 3.63) is 35.4 Å². The van der Waals surface area contributed by atoms with Crippen LogP contribution < -0.4 is 0 Å². The van der Waals surface area contributed by atoms with E-state index in [1.54, 1.807) is 0 Å². The maximum atomic E-state index is 12.7. The number of carboxylic acid groups (broad SMARTS) is 1. The van der Waals surface area contributed by atoms with Gasteiger partial charge < -0.3 is 10.0 Å². The molecule has 1 aliphatic heterocycles. The molecule has 1 saturated heterocycles. The van der Waals surface area contributed by atoms with E-state index in [0.29, 0.717) is 12.1 Å². The fraction of sp³-hybridized carbons (Fsp3) is 0.579. The summed E-state index contributed by atoms with van der Waals surface area (Å²) in [6.45, 7) is 8.87. The van der Waals surface area contributed by atoms with Crippen LogP contribution in [-0.4, -0.2) is 41.4 Å². The van der Waals surface area contributed by atoms with Gasteiger partial charge in [0.15, 0.2) is 5.78 Å². The van der Waals surface area contributed by atoms with Crippen LogP contribution in [0.25, 0.3) is 0 Å². The predicted octanol–water partition coefficient (Wildman–Crippen LogP) is 3.35. The minimum atomic E-state index is -0.908. The highest BCUT2D eigenvalue weighted by molar-refractivity contribution is 5.99. The Hall–Kier alpha value is -1.68. The molecule has 1 unspecified atom stereocenters. The van der Waals surface area contributed by atoms with Gasteiger partial charge >= 0.3 is 5.97 Å². The van der Waals surface area contributed by atoms with Gasteiger partial charge in [0.25, 0.3) is 0 Å². The summed E-state index contributed by atoms with van der Waals surface area (Å²) in [5.74, 6) is -1.43. The van der Waals surface area contributed by atoms with Gasteiger partial charge in [-0.3, -0.25) is 9.59 Å². The molecule has 1 aromatic carbocycles. The van der Waals surface area contributed by atoms with E-state index in [1.807, 2.05) is 24.3 Å². The molecule has 0 bridgehead atoms. The summed E-state index contributed by atoms with van der Waals surface area (Å²) in [6, 6.07) is 7.62. The van der Waals surface area contributed by atoms with E-state index in [0.717, 1.165) is 25.9 Å². The number of Topliss-reactive ketones (excluding diaryl/α,β-unsaturated/α-hetero) is 1. The maximum Gasteiger partial charge on any atom is 0.304 e. The lowest BCUT2D eigenvalue weighted by Gasteiger charge is -2.22. The van der Waals surface area contributed by atoms with Gasteiger partial charge in [-0.2, -0.15) is 0 Å². The quantitative estimate of drug-likeness (QED) is 0.817. The summed E-state index contributed by atoms with van der Waals surface area (Å²) in [6.07, 6.45) is 2.17. The molecule has 23 heavy (non-hydrogen) atoms. The molecule has 1 fully saturated rings. The van der Waals surface area contributed by atoms with Gasteiger partial charge in [0.1, 0.15) is 0 Å². The van der Waals surface area contributed by atoms with Crippen LogP contribution in [0.3, 0.4) is 0 Å². The van der Waals surface area contributed by atoms with Crippen LogP contribution in [0.15, 0.2) is 24.3 Å². The Morgan fingerprint density at radius 1 is 1.13 bits per heavy atom. The number of likely N-dealkylation sites (tertiary alicyclic amines) is 1. The largest absolute Gasteiger partial charge is 0.481 e. The fourth-order valence-electron chi connectivity index (χ4n) is 3.10. The lowest BCUT2D eigenvalue weighted by molar-refractivity contribution is -0.137. The second-order valence-electron chi connectivity index (χ2n) is 7.49. The van der Waals surface area contributed by atoms with E-state index < -0.39 is 11.9 Å². The van der Waals surface area contributed by atoms with Crippen LogP contribution in [0.1, 0.15) is 56.0 Å². The lowest BCUT2D eigenvalue weighted by atomic mass is 9.85. The number of nitrogens with zero attached hydrogens (tertiary/aromatic N) is 1. The highest BCUT2D eigenvalue weighted by Crippen LogP contribution is 2.24. The minimum absolute atomic E-state index is 0.0393. The molecule has 1 N–H and O–H groups in total. The second kappa shape index (κ2) is 7.26. The average Bonchev–Trinajstić information content (AvgIpc) is 2.97. The fourth-order valence-corrected chi connectivity index (χ4v) is 3.10. The molecule has 0 radical (unpaired) electrons. The molecule has 1 aliphatic rings. The van der Waals surface area contributed by atoms with Gasteiger partial charge in [0, 0.05) is 18.0 Å². The number of aliphatic carboxylic acids is 1. The Labute approximate surface area is 138 Å². The molecule has 0 aliphatic carbocycles. The topological polar surface area (TPSA) is 57.6 Å². The maximum absolute atomic E-state index is 12.7. The number of carbonyl (C=O) groups excluding carboxylic acids is 1. The van der Waals surface area contributed by atoms with Gasteiger partial charge in [-0.15, -0.1) is 0 Å². The third-order valence-corrected chi connectivity index (χ3v) is 4.50. The van der Waals surface area contributed by atoms with Crippen molar-refractivity contribution >= 4 is 11.8 Å². The van der Waals surface area contributed by atoms with Crippen LogP contribution in [0.2, 0.25) is 0 Å². The van der Waals surface area contributed by atoms with Gasteiger partial charge in [-0.1, -0.05) is 45.0 Å². The number of carbonyl (C=O) groups is 2. The Morgan fingerprint density at radius 2 is 1.70 bits per heavy atom. The van der Waals surface area contributed by atoms with Crippen molar-refractivity contribution in [2.24, 2.45) is 5.92 Å². The number of hydrogen-bond acceptors (Lipinski definition) is 3. The molecule has 4 heteroatoms. The molecule has 0 spiro atoms. The third-order valence-electron chi connectivity index (χ3n) is 4.50. The summed E-state index contributed by atoms with van der Waals surface area (Å²) >= 11 is 0. The van der Waals surface area contributed by atoms with Crippen molar-refractivity contribution in [2.75, 3.05) is 19.6 Å². The van der Waals surface area contributed by atoms with Crippen LogP contribution in [-0.2, 0) is 10.2 Å². The SMILES string of the molecule is CC(C)(C)c1ccc(C(=O)C(CC(=O)O)CN2CCCC2)cc1. The summed E-state index contributed by atoms with van der Waals surface area (Å²) < 4.78 is 0. The Kier molecular flexibility index (Phi) is 5.58. The molecule has 0 saturated carbocycles. The first-order valence-electron chi connectivity index (χ1n) is 8.36. The normalized spacial score (nSPS) is 17.2. The molecule has 0 aromatic heterocycles. The number of ketones is 1. The summed E-state index contributed by atoms with van der Waals surface area (Å²) in [5, 5.41) is 9.13. The Morgan fingerprint density at radius 3 is 2.17 bits per heavy atom. The number of hydrogen-bond donors (Lipinski definition) is 1. The summed E-state index contributed by atoms with van der Waals surface area (Å²) in [4.78, 5) is 26.1. The number of rotatable bonds is 6. The van der Waals surface area contributed by atoms with Crippen molar-refractivity contribution in [3.8, 4) is 0 Å². The lowest BCUT2D eigenvalue weighted by Crippen LogP contribution is -2.32. The molecule has 1 atom stereocenters. The highest BCUT2D eigenvalue weighted by atomic mass is 16.4. The van der Waals surface area contributed by atoms with Gasteiger partial charge in [-0.25, -0.2) is 0 Å². The Bertz CT molecular complexity index is 551. The molecular formula is C19H27NO3. The van der Waals surface area contributed by atoms with Crippen LogP contribution in [0.4, 0.5) is 0 Å². The van der Waals surface area contributed by atoms with E-state index in [2.05, 4.69) is 25.7 Å². The molecule has 1 aromatic rings. The second-order valence-corrected chi connectivity index (χ2v) is 7.49. The van der Waals surface area contributed by atoms with Crippen LogP contribution in [0.5, 0.6) is 0 Å². The standard InChI is InChI=1S/C19H27NO3/c1-19(2,3)16-8-6-14(7-9-16)18(23)15(12-17(21)22)13-20-10-4-5-11-20/h6-9,15H,4-5,10-13H2,1-3H3,(H,21,22). The van der Waals surface area contributed by atoms with Gasteiger partial charge in [0.05, 0.1) is 6.42 Å². The van der Waals surface area contributed by atoms with Crippen molar-refractivity contribution < 1.29 is 14.7 Å². The zero-order valence-electron chi connectivity index (χ0n) is 14.3. The number of carboxylic acids is 1. The Balaban J connectivity index is 2.13. The highest BCUT2D eigenvalue weighted by Gasteiger charge is 2.27. The van der Waals surface area contributed by atoms with Gasteiger partial charge in [-0.05, 0) is 36.9 Å². The predicted molar refractivity (Wildman–Crippen MR) is 90.9 cm³/mol. The van der Waals surface area contributed by atoms with Crippen molar-refractivity contribution in [2.45, 2.75) is 45.4 Å². The monoisotopic (exact) mass is 317 g/mol. The summed E-state index contributed by atoms with van der Waals surface area (Å²) in [7, 11) is 0. The molecule has 2 rings (SSSR count). The summed E-state index contributed by atoms with van der Waals surface area (Å²) in [5.41, 5.74) is 1.82. The molecular weight excluding hydrogens is 290 g/mol. The van der Waals surface area contributed by atoms with E-state index in [9.17, 15) is 9.59 Å². The first-order valence-corrected chi connectivity index (χ1v) is 8.36. The van der Waals surface area contributed by atoms with Crippen molar-refractivity contribution in [1.82, 2.24) is 4.90 Å². The van der Waals surface area contributed by atoms with Crippen LogP contribution in [0, 0.1) is 5.92 Å². The van der Waals surface area contributed by atoms with Crippen LogP contribution >= 0.6 is 0 Å². The van der Waals surface area contributed by atoms with E-state index in [4.69, 9.17) is 5.11 Å². The molecule has 1 heterocycles.